The van der Waals surface area contributed by atoms with Gasteiger partial charge >= 0.3 is 7.12 Å². The predicted octanol–water partition coefficient (Wildman–Crippen LogP) is 2.10. The third-order valence-electron chi connectivity index (χ3n) is 5.27. The van der Waals surface area contributed by atoms with Gasteiger partial charge in [0.05, 0.1) is 22.5 Å². The fourth-order valence-electron chi connectivity index (χ4n) is 2.95. The molecule has 0 atom stereocenters. The average Bonchev–Trinajstić information content (AvgIpc) is 2.92. The lowest BCUT2D eigenvalue weighted by Gasteiger charge is -2.32. The lowest BCUT2D eigenvalue weighted by molar-refractivity contribution is -0.112. The molecule has 0 bridgehead atoms. The number of hydrogen-bond donors (Lipinski definition) is 2. The van der Waals surface area contributed by atoms with E-state index < -0.39 is 30.0 Å². The van der Waals surface area contributed by atoms with E-state index >= 15 is 0 Å². The van der Waals surface area contributed by atoms with Crippen molar-refractivity contribution in [3.63, 3.8) is 0 Å². The molecule has 2 heterocycles. The van der Waals surface area contributed by atoms with Crippen LogP contribution in [0.1, 0.15) is 49.2 Å². The van der Waals surface area contributed by atoms with Crippen LogP contribution >= 0.6 is 0 Å². The fraction of sp³-hybridized carbons (Fsp3) is 0.444. The first-order valence-corrected chi connectivity index (χ1v) is 8.33. The Balaban J connectivity index is 2.05. The van der Waals surface area contributed by atoms with Gasteiger partial charge < -0.3 is 20.4 Å². The van der Waals surface area contributed by atoms with Gasteiger partial charge in [-0.3, -0.25) is 9.59 Å². The van der Waals surface area contributed by atoms with E-state index in [1.54, 1.807) is 6.07 Å². The van der Waals surface area contributed by atoms with Crippen LogP contribution in [0.3, 0.4) is 0 Å². The van der Waals surface area contributed by atoms with Crippen molar-refractivity contribution in [2.75, 3.05) is 11.9 Å². The first kappa shape index (κ1) is 17.9. The molecule has 132 valence electrons. The minimum Gasteiger partial charge on any atom is -0.400 e. The number of fused-ring (bicyclic) bond motifs is 1. The maximum atomic E-state index is 12.2. The molecule has 3 rings (SSSR count). The molecule has 1 saturated heterocycles. The number of ketones is 1. The molecule has 1 fully saturated rings. The number of aryl methyl sites for hydroxylation is 1. The standard InChI is InChI=1S/C18H23BN2O4/c1-10-6-7-13-14(15(22)16(23)21-13)12(10)8-11(9-20)19-24-17(2,3)18(4,5)25-19/h6-8H,9,20H2,1-5H3,(H,21,22,23). The zero-order valence-corrected chi connectivity index (χ0v) is 15.2. The van der Waals surface area contributed by atoms with Gasteiger partial charge in [0, 0.05) is 6.54 Å². The normalized spacial score (nSPS) is 21.5. The molecule has 0 unspecified atom stereocenters. The summed E-state index contributed by atoms with van der Waals surface area (Å²) in [4.78, 5) is 24.0. The molecule has 0 aliphatic carbocycles. The molecule has 2 aliphatic rings. The molecule has 0 aromatic heterocycles. The molecule has 2 aliphatic heterocycles. The summed E-state index contributed by atoms with van der Waals surface area (Å²) in [5.41, 5.74) is 8.17. The SMILES string of the molecule is Cc1ccc2c(c1C=C(CN)B1OC(C)(C)C(C)(C)O1)C(=O)C(=O)N2. The third-order valence-corrected chi connectivity index (χ3v) is 5.27. The highest BCUT2D eigenvalue weighted by molar-refractivity contribution is 6.56. The molecule has 0 spiro atoms. The Morgan fingerprint density at radius 3 is 2.36 bits per heavy atom. The lowest BCUT2D eigenvalue weighted by atomic mass is 9.76. The summed E-state index contributed by atoms with van der Waals surface area (Å²) in [5, 5.41) is 2.59. The molecular formula is C18H23BN2O4. The summed E-state index contributed by atoms with van der Waals surface area (Å²) >= 11 is 0. The highest BCUT2D eigenvalue weighted by Gasteiger charge is 2.52. The largest absolute Gasteiger partial charge is 0.491 e. The predicted molar refractivity (Wildman–Crippen MR) is 97.3 cm³/mol. The van der Waals surface area contributed by atoms with Crippen molar-refractivity contribution in [1.29, 1.82) is 0 Å². The Labute approximate surface area is 147 Å². The number of nitrogens with two attached hydrogens (primary N) is 1. The highest BCUT2D eigenvalue weighted by Crippen LogP contribution is 2.39. The zero-order valence-electron chi connectivity index (χ0n) is 15.2. The second-order valence-corrected chi connectivity index (χ2v) is 7.51. The van der Waals surface area contributed by atoms with Gasteiger partial charge in [-0.15, -0.1) is 0 Å². The van der Waals surface area contributed by atoms with Gasteiger partial charge in [0.15, 0.2) is 0 Å². The highest BCUT2D eigenvalue weighted by atomic mass is 16.7. The van der Waals surface area contributed by atoms with Gasteiger partial charge in [0.1, 0.15) is 0 Å². The molecule has 3 N–H and O–H groups in total. The van der Waals surface area contributed by atoms with E-state index in [9.17, 15) is 9.59 Å². The second-order valence-electron chi connectivity index (χ2n) is 7.51. The minimum absolute atomic E-state index is 0.218. The van der Waals surface area contributed by atoms with Crippen LogP contribution in [0.5, 0.6) is 0 Å². The molecule has 6 nitrogen and oxygen atoms in total. The van der Waals surface area contributed by atoms with Gasteiger partial charge in [-0.2, -0.15) is 0 Å². The van der Waals surface area contributed by atoms with Crippen LogP contribution in [0, 0.1) is 6.92 Å². The summed E-state index contributed by atoms with van der Waals surface area (Å²) in [6.07, 6.45) is 1.81. The Hall–Kier alpha value is -1.96. The van der Waals surface area contributed by atoms with Crippen LogP contribution < -0.4 is 11.1 Å². The first-order valence-electron chi connectivity index (χ1n) is 8.33. The van der Waals surface area contributed by atoms with E-state index in [0.29, 0.717) is 16.8 Å². The smallest absolute Gasteiger partial charge is 0.400 e. The molecule has 1 aromatic carbocycles. The number of hydrogen-bond acceptors (Lipinski definition) is 5. The van der Waals surface area contributed by atoms with E-state index in [1.807, 2.05) is 46.8 Å². The number of carbonyl (C=O) groups excluding carboxylic acids is 2. The van der Waals surface area contributed by atoms with E-state index in [2.05, 4.69) is 5.32 Å². The Kier molecular flexibility index (Phi) is 4.14. The van der Waals surface area contributed by atoms with Crippen LogP contribution in [-0.4, -0.2) is 36.6 Å². The Morgan fingerprint density at radius 1 is 1.20 bits per heavy atom. The maximum absolute atomic E-state index is 12.2. The summed E-state index contributed by atoms with van der Waals surface area (Å²) in [7, 11) is -0.592. The van der Waals surface area contributed by atoms with E-state index in [-0.39, 0.29) is 6.54 Å². The van der Waals surface area contributed by atoms with Crippen molar-refractivity contribution < 1.29 is 18.9 Å². The second kappa shape index (κ2) is 5.80. The van der Waals surface area contributed by atoms with Crippen molar-refractivity contribution >= 4 is 30.6 Å². The van der Waals surface area contributed by atoms with Crippen molar-refractivity contribution in [2.24, 2.45) is 5.73 Å². The fourth-order valence-corrected chi connectivity index (χ4v) is 2.95. The number of carbonyl (C=O) groups is 2. The number of Topliss-reactive ketones (excluding diaryl/α,β-unsaturated/α-hetero) is 1. The third kappa shape index (κ3) is 2.82. The maximum Gasteiger partial charge on any atom is 0.491 e. The summed E-state index contributed by atoms with van der Waals surface area (Å²) in [6.45, 7) is 9.99. The Morgan fingerprint density at radius 2 is 1.80 bits per heavy atom. The van der Waals surface area contributed by atoms with E-state index in [0.717, 1.165) is 11.0 Å². The van der Waals surface area contributed by atoms with Crippen LogP contribution in [0.2, 0.25) is 0 Å². The molecule has 0 radical (unpaired) electrons. The van der Waals surface area contributed by atoms with Gasteiger partial charge in [0.2, 0.25) is 0 Å². The molecule has 7 heteroatoms. The number of amides is 1. The van der Waals surface area contributed by atoms with Gasteiger partial charge in [-0.05, 0) is 57.3 Å². The first-order chi connectivity index (χ1) is 11.6. The number of anilines is 1. The monoisotopic (exact) mass is 342 g/mol. The van der Waals surface area contributed by atoms with Crippen molar-refractivity contribution in [2.45, 2.75) is 45.8 Å². The minimum atomic E-state index is -0.611. The zero-order chi connectivity index (χ0) is 18.6. The molecule has 25 heavy (non-hydrogen) atoms. The van der Waals surface area contributed by atoms with E-state index in [1.165, 1.54) is 0 Å². The summed E-state index contributed by atoms with van der Waals surface area (Å²) in [5.74, 6) is -1.14. The number of nitrogens with one attached hydrogen (secondary N) is 1. The molecule has 1 aromatic rings. The van der Waals surface area contributed by atoms with Crippen LogP contribution in [0.15, 0.2) is 17.6 Å². The quantitative estimate of drug-likeness (QED) is 0.648. The van der Waals surface area contributed by atoms with Gasteiger partial charge in [-0.1, -0.05) is 12.1 Å². The lowest BCUT2D eigenvalue weighted by Crippen LogP contribution is -2.41. The Bertz CT molecular complexity index is 783. The van der Waals surface area contributed by atoms with Crippen molar-refractivity contribution in [1.82, 2.24) is 0 Å². The van der Waals surface area contributed by atoms with Gasteiger partial charge in [0.25, 0.3) is 11.7 Å². The van der Waals surface area contributed by atoms with Gasteiger partial charge in [-0.25, -0.2) is 0 Å². The van der Waals surface area contributed by atoms with Crippen LogP contribution in [0.25, 0.3) is 6.08 Å². The van der Waals surface area contributed by atoms with Crippen molar-refractivity contribution in [3.8, 4) is 0 Å². The number of benzene rings is 1. The molecule has 0 saturated carbocycles. The van der Waals surface area contributed by atoms with Crippen molar-refractivity contribution in [3.05, 3.63) is 34.3 Å². The summed E-state index contributed by atoms with van der Waals surface area (Å²) in [6, 6.07) is 3.60. The number of rotatable bonds is 3. The van der Waals surface area contributed by atoms with Crippen LogP contribution in [-0.2, 0) is 14.1 Å². The van der Waals surface area contributed by atoms with E-state index in [4.69, 9.17) is 15.0 Å². The molecule has 1 amide bonds. The average molecular weight is 342 g/mol. The topological polar surface area (TPSA) is 90.7 Å². The summed E-state index contributed by atoms with van der Waals surface area (Å²) < 4.78 is 12.1. The van der Waals surface area contributed by atoms with Crippen LogP contribution in [0.4, 0.5) is 5.69 Å². The molecular weight excluding hydrogens is 319 g/mol.